The Bertz CT molecular complexity index is 594. The van der Waals surface area contributed by atoms with Crippen molar-refractivity contribution in [2.45, 2.75) is 44.6 Å². The summed E-state index contributed by atoms with van der Waals surface area (Å²) >= 11 is 1.94. The van der Waals surface area contributed by atoms with Crippen LogP contribution in [0.3, 0.4) is 0 Å². The number of thioether (sulfide) groups is 1. The van der Waals surface area contributed by atoms with E-state index in [-0.39, 0.29) is 10.7 Å². The van der Waals surface area contributed by atoms with Crippen LogP contribution < -0.4 is 9.47 Å². The quantitative estimate of drug-likeness (QED) is 0.790. The van der Waals surface area contributed by atoms with E-state index in [0.29, 0.717) is 29.6 Å². The van der Waals surface area contributed by atoms with Crippen LogP contribution in [0.5, 0.6) is 11.5 Å². The molecule has 0 bridgehead atoms. The fraction of sp³-hybridized carbons (Fsp3) is 0.588. The molecular weight excluding hydrogens is 300 g/mol. The van der Waals surface area contributed by atoms with Crippen molar-refractivity contribution in [1.82, 2.24) is 0 Å². The van der Waals surface area contributed by atoms with E-state index in [4.69, 9.17) is 14.2 Å². The molecule has 22 heavy (non-hydrogen) atoms. The summed E-state index contributed by atoms with van der Waals surface area (Å²) in [6, 6.07) is 5.18. The van der Waals surface area contributed by atoms with Crippen molar-refractivity contribution in [3.63, 3.8) is 0 Å². The maximum absolute atomic E-state index is 12.2. The zero-order valence-corrected chi connectivity index (χ0v) is 14.3. The molecule has 0 radical (unpaired) electrons. The molecule has 2 aliphatic heterocycles. The topological polar surface area (TPSA) is 44.8 Å². The van der Waals surface area contributed by atoms with Gasteiger partial charge in [-0.3, -0.25) is 0 Å². The van der Waals surface area contributed by atoms with E-state index in [1.807, 2.05) is 25.6 Å². The number of fused-ring (bicyclic) bond motifs is 1. The maximum atomic E-state index is 12.2. The van der Waals surface area contributed by atoms with Crippen LogP contribution >= 0.6 is 11.8 Å². The van der Waals surface area contributed by atoms with Crippen LogP contribution in [0.25, 0.3) is 0 Å². The van der Waals surface area contributed by atoms with Crippen molar-refractivity contribution in [3.8, 4) is 11.5 Å². The Morgan fingerprint density at radius 1 is 1.27 bits per heavy atom. The average Bonchev–Trinajstić information content (AvgIpc) is 2.91. The third-order valence-electron chi connectivity index (χ3n) is 4.23. The Kier molecular flexibility index (Phi) is 3.79. The summed E-state index contributed by atoms with van der Waals surface area (Å²) in [5, 5.41) is 0. The highest BCUT2D eigenvalue weighted by atomic mass is 32.2. The second kappa shape index (κ2) is 5.37. The minimum Gasteiger partial charge on any atom is -0.462 e. The SMILES string of the molecule is CC1(C)Oc2ccc(C(=O)OCC3CCSC3(C)C)cc2O1. The third-order valence-corrected chi connectivity index (χ3v) is 5.75. The maximum Gasteiger partial charge on any atom is 0.338 e. The van der Waals surface area contributed by atoms with Gasteiger partial charge in [-0.25, -0.2) is 4.79 Å². The Labute approximate surface area is 135 Å². The van der Waals surface area contributed by atoms with E-state index < -0.39 is 5.79 Å². The molecule has 3 rings (SSSR count). The van der Waals surface area contributed by atoms with Gasteiger partial charge in [-0.1, -0.05) is 13.8 Å². The van der Waals surface area contributed by atoms with E-state index in [9.17, 15) is 4.79 Å². The molecule has 0 N–H and O–H groups in total. The predicted molar refractivity (Wildman–Crippen MR) is 86.7 cm³/mol. The van der Waals surface area contributed by atoms with Crippen LogP contribution in [0.1, 0.15) is 44.5 Å². The Morgan fingerprint density at radius 2 is 2.00 bits per heavy atom. The van der Waals surface area contributed by atoms with Crippen LogP contribution in [0, 0.1) is 5.92 Å². The van der Waals surface area contributed by atoms with Crippen molar-refractivity contribution in [2.24, 2.45) is 5.92 Å². The highest BCUT2D eigenvalue weighted by Crippen LogP contribution is 2.43. The van der Waals surface area contributed by atoms with Gasteiger partial charge in [0.2, 0.25) is 5.79 Å². The van der Waals surface area contributed by atoms with Crippen LogP contribution in [0.4, 0.5) is 0 Å². The largest absolute Gasteiger partial charge is 0.462 e. The fourth-order valence-corrected chi connectivity index (χ4v) is 4.17. The van der Waals surface area contributed by atoms with Gasteiger partial charge in [0.05, 0.1) is 12.2 Å². The molecule has 0 amide bonds. The monoisotopic (exact) mass is 322 g/mol. The Morgan fingerprint density at radius 3 is 2.68 bits per heavy atom. The molecule has 120 valence electrons. The van der Waals surface area contributed by atoms with Crippen LogP contribution in [-0.4, -0.2) is 28.9 Å². The van der Waals surface area contributed by atoms with Gasteiger partial charge in [-0.2, -0.15) is 11.8 Å². The van der Waals surface area contributed by atoms with Crippen molar-refractivity contribution in [2.75, 3.05) is 12.4 Å². The second-order valence-corrected chi connectivity index (χ2v) is 8.55. The number of carbonyl (C=O) groups is 1. The summed E-state index contributed by atoms with van der Waals surface area (Å²) in [7, 11) is 0. The van der Waals surface area contributed by atoms with Crippen molar-refractivity contribution < 1.29 is 19.0 Å². The van der Waals surface area contributed by atoms with Gasteiger partial charge in [0, 0.05) is 24.5 Å². The van der Waals surface area contributed by atoms with Gasteiger partial charge < -0.3 is 14.2 Å². The van der Waals surface area contributed by atoms with Crippen LogP contribution in [0.2, 0.25) is 0 Å². The molecule has 1 aromatic rings. The number of benzene rings is 1. The molecule has 0 aliphatic carbocycles. The average molecular weight is 322 g/mol. The highest BCUT2D eigenvalue weighted by Gasteiger charge is 2.36. The Balaban J connectivity index is 1.64. The highest BCUT2D eigenvalue weighted by molar-refractivity contribution is 8.00. The van der Waals surface area contributed by atoms with E-state index in [1.165, 1.54) is 0 Å². The molecule has 1 atom stereocenters. The van der Waals surface area contributed by atoms with E-state index >= 15 is 0 Å². The molecule has 0 aromatic heterocycles. The molecule has 2 aliphatic rings. The number of carbonyl (C=O) groups excluding carboxylic acids is 1. The molecule has 0 saturated carbocycles. The molecule has 1 saturated heterocycles. The molecular formula is C17H22O4S. The zero-order valence-electron chi connectivity index (χ0n) is 13.5. The summed E-state index contributed by atoms with van der Waals surface area (Å²) in [5.74, 6) is 1.81. The number of rotatable bonds is 3. The van der Waals surface area contributed by atoms with E-state index in [1.54, 1.807) is 18.2 Å². The second-order valence-electron chi connectivity index (χ2n) is 6.80. The van der Waals surface area contributed by atoms with Gasteiger partial charge >= 0.3 is 5.97 Å². The number of hydrogen-bond acceptors (Lipinski definition) is 5. The van der Waals surface area contributed by atoms with Crippen LogP contribution in [0.15, 0.2) is 18.2 Å². The Hall–Kier alpha value is -1.36. The van der Waals surface area contributed by atoms with Gasteiger partial charge in [0.25, 0.3) is 0 Å². The third kappa shape index (κ3) is 3.05. The molecule has 5 heteroatoms. The fourth-order valence-electron chi connectivity index (χ4n) is 2.82. The van der Waals surface area contributed by atoms with Gasteiger partial charge in [-0.15, -0.1) is 0 Å². The lowest BCUT2D eigenvalue weighted by Gasteiger charge is -2.25. The van der Waals surface area contributed by atoms with Gasteiger partial charge in [0.15, 0.2) is 11.5 Å². The van der Waals surface area contributed by atoms with E-state index in [0.717, 1.165) is 12.2 Å². The number of hydrogen-bond donors (Lipinski definition) is 0. The smallest absolute Gasteiger partial charge is 0.338 e. The minimum absolute atomic E-state index is 0.180. The van der Waals surface area contributed by atoms with Crippen LogP contribution in [-0.2, 0) is 4.74 Å². The summed E-state index contributed by atoms with van der Waals surface area (Å²) in [4.78, 5) is 12.2. The lowest BCUT2D eigenvalue weighted by Crippen LogP contribution is -2.29. The number of esters is 1. The molecule has 1 fully saturated rings. The summed E-state index contributed by atoms with van der Waals surface area (Å²) in [5.41, 5.74) is 0.503. The molecule has 0 spiro atoms. The van der Waals surface area contributed by atoms with Crippen molar-refractivity contribution in [1.29, 1.82) is 0 Å². The van der Waals surface area contributed by atoms with Gasteiger partial charge in [-0.05, 0) is 30.4 Å². The first-order valence-corrected chi connectivity index (χ1v) is 8.59. The molecule has 1 aromatic carbocycles. The summed E-state index contributed by atoms with van der Waals surface area (Å²) in [6.45, 7) is 8.58. The zero-order chi connectivity index (χ0) is 16.0. The minimum atomic E-state index is -0.685. The van der Waals surface area contributed by atoms with E-state index in [2.05, 4.69) is 13.8 Å². The number of ether oxygens (including phenoxy) is 3. The first kappa shape index (κ1) is 15.5. The first-order chi connectivity index (χ1) is 10.3. The summed E-state index contributed by atoms with van der Waals surface area (Å²) < 4.78 is 17.0. The molecule has 4 nitrogen and oxygen atoms in total. The standard InChI is InChI=1S/C17H22O4S/c1-16(2)12(7-8-22-16)10-19-15(18)11-5-6-13-14(9-11)21-17(3,4)20-13/h5-6,9,12H,7-8,10H2,1-4H3. The first-order valence-electron chi connectivity index (χ1n) is 7.60. The normalized spacial score (nSPS) is 24.3. The molecule has 1 unspecified atom stereocenters. The summed E-state index contributed by atoms with van der Waals surface area (Å²) in [6.07, 6.45) is 1.10. The molecule has 2 heterocycles. The lowest BCUT2D eigenvalue weighted by atomic mass is 9.94. The van der Waals surface area contributed by atoms with Crippen molar-refractivity contribution in [3.05, 3.63) is 23.8 Å². The predicted octanol–water partition coefficient (Wildman–Crippen LogP) is 3.88. The van der Waals surface area contributed by atoms with Gasteiger partial charge in [0.1, 0.15) is 0 Å². The lowest BCUT2D eigenvalue weighted by molar-refractivity contribution is -0.0432. The van der Waals surface area contributed by atoms with Crippen molar-refractivity contribution >= 4 is 17.7 Å².